The fourth-order valence-corrected chi connectivity index (χ4v) is 6.36. The van der Waals surface area contributed by atoms with Crippen LogP contribution < -0.4 is 10.9 Å². The predicted octanol–water partition coefficient (Wildman–Crippen LogP) is 4.25. The van der Waals surface area contributed by atoms with E-state index in [-0.39, 0.29) is 16.9 Å². The molecule has 1 aromatic carbocycles. The summed E-state index contributed by atoms with van der Waals surface area (Å²) in [6, 6.07) is 7.56. The second-order valence-electron chi connectivity index (χ2n) is 8.92. The topological polar surface area (TPSA) is 62.0 Å². The second-order valence-corrected chi connectivity index (χ2v) is 8.92. The lowest BCUT2D eigenvalue weighted by molar-refractivity contribution is -0.140. The number of hydrogen-bond acceptors (Lipinski definition) is 2. The van der Waals surface area contributed by atoms with Gasteiger partial charge in [0.1, 0.15) is 0 Å². The molecule has 4 aliphatic carbocycles. The monoisotopic (exact) mass is 350 g/mol. The van der Waals surface area contributed by atoms with Crippen molar-refractivity contribution in [1.29, 1.82) is 0 Å². The highest BCUT2D eigenvalue weighted by molar-refractivity contribution is 5.97. The molecule has 2 aromatic rings. The Labute approximate surface area is 153 Å². The van der Waals surface area contributed by atoms with E-state index in [0.717, 1.165) is 65.6 Å². The van der Waals surface area contributed by atoms with Crippen LogP contribution in [0.1, 0.15) is 51.0 Å². The van der Waals surface area contributed by atoms with Crippen molar-refractivity contribution in [1.82, 2.24) is 4.98 Å². The van der Waals surface area contributed by atoms with Crippen LogP contribution in [0.3, 0.4) is 0 Å². The Morgan fingerprint density at radius 2 is 1.77 bits per heavy atom. The molecule has 4 aliphatic rings. The smallest absolute Gasteiger partial charge is 0.248 e. The molecule has 0 saturated heterocycles. The summed E-state index contributed by atoms with van der Waals surface area (Å²) in [5, 5.41) is 4.24. The van der Waals surface area contributed by atoms with Gasteiger partial charge in [-0.2, -0.15) is 0 Å². The first kappa shape index (κ1) is 16.1. The zero-order valence-electron chi connectivity index (χ0n) is 15.3. The molecule has 0 spiro atoms. The van der Waals surface area contributed by atoms with Crippen LogP contribution in [0.15, 0.2) is 29.1 Å². The first-order chi connectivity index (χ1) is 12.5. The van der Waals surface area contributed by atoms with Crippen LogP contribution in [0.4, 0.5) is 5.69 Å². The molecule has 1 aromatic heterocycles. The lowest BCUT2D eigenvalue weighted by atomic mass is 9.49. The number of H-pyrrole nitrogens is 1. The molecule has 0 unspecified atom stereocenters. The minimum Gasteiger partial charge on any atom is -0.326 e. The van der Waals surface area contributed by atoms with E-state index >= 15 is 0 Å². The number of aromatic amines is 1. The van der Waals surface area contributed by atoms with Crippen LogP contribution in [0.5, 0.6) is 0 Å². The molecule has 4 saturated carbocycles. The summed E-state index contributed by atoms with van der Waals surface area (Å²) >= 11 is 0. The third-order valence-electron chi connectivity index (χ3n) is 7.09. The zero-order valence-corrected chi connectivity index (χ0v) is 15.3. The number of amides is 1. The number of carbonyl (C=O) groups excluding carboxylic acids is 1. The summed E-state index contributed by atoms with van der Waals surface area (Å²) in [6.45, 7) is 2.05. The van der Waals surface area contributed by atoms with Crippen molar-refractivity contribution in [3.05, 3.63) is 40.2 Å². The number of anilines is 1. The zero-order chi connectivity index (χ0) is 17.9. The van der Waals surface area contributed by atoms with E-state index in [4.69, 9.17) is 0 Å². The molecule has 2 N–H and O–H groups in total. The molecule has 4 fully saturated rings. The predicted molar refractivity (Wildman–Crippen MR) is 103 cm³/mol. The normalized spacial score (nSPS) is 32.1. The fraction of sp³-hybridized carbons (Fsp3) is 0.545. The van der Waals surface area contributed by atoms with Crippen molar-refractivity contribution in [2.24, 2.45) is 23.2 Å². The molecular formula is C22H26N2O2. The molecule has 0 radical (unpaired) electrons. The van der Waals surface area contributed by atoms with E-state index in [2.05, 4.69) is 17.2 Å². The van der Waals surface area contributed by atoms with E-state index in [1.54, 1.807) is 6.07 Å². The van der Waals surface area contributed by atoms with Gasteiger partial charge in [-0.3, -0.25) is 9.59 Å². The van der Waals surface area contributed by atoms with Gasteiger partial charge >= 0.3 is 0 Å². The highest BCUT2D eigenvalue weighted by Crippen LogP contribution is 2.60. The Morgan fingerprint density at radius 1 is 1.12 bits per heavy atom. The Balaban J connectivity index is 1.44. The Kier molecular flexibility index (Phi) is 3.53. The van der Waals surface area contributed by atoms with E-state index in [0.29, 0.717) is 0 Å². The minimum atomic E-state index is -0.150. The number of hydrogen-bond donors (Lipinski definition) is 2. The van der Waals surface area contributed by atoms with Gasteiger partial charge in [-0.05, 0) is 80.4 Å². The Morgan fingerprint density at radius 3 is 2.38 bits per heavy atom. The van der Waals surface area contributed by atoms with E-state index in [1.165, 1.54) is 19.3 Å². The van der Waals surface area contributed by atoms with Gasteiger partial charge in [0.25, 0.3) is 0 Å². The Hall–Kier alpha value is -2.10. The molecule has 4 heteroatoms. The first-order valence-corrected chi connectivity index (χ1v) is 10.0. The maximum absolute atomic E-state index is 13.2. The summed E-state index contributed by atoms with van der Waals surface area (Å²) < 4.78 is 0. The molecule has 1 heterocycles. The van der Waals surface area contributed by atoms with Gasteiger partial charge in [0.2, 0.25) is 11.5 Å². The molecule has 1 amide bonds. The van der Waals surface area contributed by atoms with Gasteiger partial charge in [-0.25, -0.2) is 0 Å². The highest BCUT2D eigenvalue weighted by atomic mass is 16.2. The largest absolute Gasteiger partial charge is 0.326 e. The SMILES string of the molecule is CCc1cc(=O)[nH]c2cc(NC(=O)C34CC5CC(CC(C5)C3)C4)ccc12. The van der Waals surface area contributed by atoms with Crippen LogP contribution in [0.2, 0.25) is 0 Å². The third-order valence-corrected chi connectivity index (χ3v) is 7.09. The number of aromatic nitrogens is 1. The van der Waals surface area contributed by atoms with E-state index in [9.17, 15) is 9.59 Å². The van der Waals surface area contributed by atoms with Crippen LogP contribution in [-0.4, -0.2) is 10.9 Å². The van der Waals surface area contributed by atoms with Crippen molar-refractivity contribution in [2.45, 2.75) is 51.9 Å². The van der Waals surface area contributed by atoms with Gasteiger partial charge in [0, 0.05) is 17.1 Å². The van der Waals surface area contributed by atoms with Gasteiger partial charge in [-0.15, -0.1) is 0 Å². The molecule has 6 rings (SSSR count). The summed E-state index contributed by atoms with van der Waals surface area (Å²) in [6.07, 6.45) is 8.02. The summed E-state index contributed by atoms with van der Waals surface area (Å²) in [5.74, 6) is 2.47. The van der Waals surface area contributed by atoms with Crippen molar-refractivity contribution >= 4 is 22.5 Å². The number of pyridine rings is 1. The third kappa shape index (κ3) is 2.50. The molecule has 26 heavy (non-hydrogen) atoms. The fourth-order valence-electron chi connectivity index (χ4n) is 6.36. The quantitative estimate of drug-likeness (QED) is 0.869. The molecule has 0 atom stereocenters. The van der Waals surface area contributed by atoms with Gasteiger partial charge < -0.3 is 10.3 Å². The van der Waals surface area contributed by atoms with Gasteiger partial charge in [0.05, 0.1) is 10.9 Å². The molecule has 0 aliphatic heterocycles. The van der Waals surface area contributed by atoms with Crippen molar-refractivity contribution in [2.75, 3.05) is 5.32 Å². The number of nitrogens with one attached hydrogen (secondary N) is 2. The summed E-state index contributed by atoms with van der Waals surface area (Å²) in [5.41, 5.74) is 2.41. The second kappa shape index (κ2) is 5.70. The molecular weight excluding hydrogens is 324 g/mol. The number of fused-ring (bicyclic) bond motifs is 1. The standard InChI is InChI=1S/C22H26N2O2/c1-2-16-8-20(25)24-19-9-17(3-4-18(16)19)23-21(26)22-10-13-5-14(11-22)7-15(6-13)12-22/h3-4,8-9,13-15H,2,5-7,10-12H2,1H3,(H,23,26)(H,24,25). The number of rotatable bonds is 3. The average molecular weight is 350 g/mol. The van der Waals surface area contributed by atoms with Gasteiger partial charge in [-0.1, -0.05) is 13.0 Å². The minimum absolute atomic E-state index is 0.0843. The van der Waals surface area contributed by atoms with E-state index < -0.39 is 0 Å². The number of benzene rings is 1. The van der Waals surface area contributed by atoms with Crippen molar-refractivity contribution in [3.8, 4) is 0 Å². The van der Waals surface area contributed by atoms with Gasteiger partial charge in [0.15, 0.2) is 0 Å². The average Bonchev–Trinajstić information content (AvgIpc) is 2.59. The van der Waals surface area contributed by atoms with E-state index in [1.807, 2.05) is 18.2 Å². The molecule has 4 nitrogen and oxygen atoms in total. The molecule has 136 valence electrons. The molecule has 4 bridgehead atoms. The maximum atomic E-state index is 13.2. The van der Waals surface area contributed by atoms with Crippen LogP contribution in [0, 0.1) is 23.2 Å². The lowest BCUT2D eigenvalue weighted by Gasteiger charge is -2.55. The first-order valence-electron chi connectivity index (χ1n) is 10.0. The lowest BCUT2D eigenvalue weighted by Crippen LogP contribution is -2.51. The summed E-state index contributed by atoms with van der Waals surface area (Å²) in [4.78, 5) is 28.0. The van der Waals surface area contributed by atoms with Crippen molar-refractivity contribution in [3.63, 3.8) is 0 Å². The maximum Gasteiger partial charge on any atom is 0.248 e. The number of aryl methyl sites for hydroxylation is 1. The van der Waals surface area contributed by atoms with Crippen LogP contribution >= 0.6 is 0 Å². The summed E-state index contributed by atoms with van der Waals surface area (Å²) in [7, 11) is 0. The number of carbonyl (C=O) groups is 1. The van der Waals surface area contributed by atoms with Crippen LogP contribution in [0.25, 0.3) is 10.9 Å². The van der Waals surface area contributed by atoms with Crippen LogP contribution in [-0.2, 0) is 11.2 Å². The Bertz CT molecular complexity index is 908. The highest BCUT2D eigenvalue weighted by Gasteiger charge is 2.54. The van der Waals surface area contributed by atoms with Crippen molar-refractivity contribution < 1.29 is 4.79 Å².